The van der Waals surface area contributed by atoms with Crippen LogP contribution in [-0.2, 0) is 4.79 Å². The first kappa shape index (κ1) is 14.4. The van der Waals surface area contributed by atoms with Crippen molar-refractivity contribution in [2.24, 2.45) is 5.92 Å². The molecule has 1 aromatic heterocycles. The Bertz CT molecular complexity index is 442. The van der Waals surface area contributed by atoms with Crippen LogP contribution in [0.2, 0.25) is 0 Å². The van der Waals surface area contributed by atoms with Gasteiger partial charge in [0.1, 0.15) is 4.88 Å². The van der Waals surface area contributed by atoms with Gasteiger partial charge in [-0.1, -0.05) is 25.2 Å². The summed E-state index contributed by atoms with van der Waals surface area (Å²) < 4.78 is 0. The van der Waals surface area contributed by atoms with E-state index in [2.05, 4.69) is 15.6 Å². The Balaban J connectivity index is 2.42. The summed E-state index contributed by atoms with van der Waals surface area (Å²) in [6.07, 6.45) is 0. The molecule has 0 radical (unpaired) electrons. The van der Waals surface area contributed by atoms with Crippen LogP contribution in [0, 0.1) is 12.8 Å². The van der Waals surface area contributed by atoms with E-state index >= 15 is 0 Å². The van der Waals surface area contributed by atoms with Crippen LogP contribution in [0.15, 0.2) is 0 Å². The topological polar surface area (TPSA) is 97.1 Å². The second-order valence-corrected chi connectivity index (χ2v) is 5.38. The molecular weight excluding hydrogens is 252 g/mol. The number of anilines is 1. The molecule has 0 spiro atoms. The average molecular weight is 270 g/mol. The highest BCUT2D eigenvalue weighted by Crippen LogP contribution is 2.18. The number of nitrogens with two attached hydrogens (primary N) is 1. The third kappa shape index (κ3) is 4.33. The second-order valence-electron chi connectivity index (χ2n) is 4.35. The summed E-state index contributed by atoms with van der Waals surface area (Å²) >= 11 is 1.12. The number of nitrogens with zero attached hydrogens (tertiary/aromatic N) is 1. The fourth-order valence-electron chi connectivity index (χ4n) is 1.25. The number of aromatic nitrogens is 1. The SMILES string of the molecule is Cc1nc(N)sc1C(=O)NCC(=O)NCC(C)C. The average Bonchev–Trinajstić information content (AvgIpc) is 2.62. The fourth-order valence-corrected chi connectivity index (χ4v) is 2.00. The normalized spacial score (nSPS) is 10.4. The van der Waals surface area contributed by atoms with Crippen LogP contribution in [0.3, 0.4) is 0 Å². The lowest BCUT2D eigenvalue weighted by Gasteiger charge is -2.08. The molecule has 0 aromatic carbocycles. The summed E-state index contributed by atoms with van der Waals surface area (Å²) in [7, 11) is 0. The molecule has 1 aromatic rings. The van der Waals surface area contributed by atoms with Gasteiger partial charge in [-0.3, -0.25) is 9.59 Å². The number of carbonyl (C=O) groups excluding carboxylic acids is 2. The van der Waals surface area contributed by atoms with E-state index in [0.717, 1.165) is 11.3 Å². The van der Waals surface area contributed by atoms with E-state index < -0.39 is 0 Å². The predicted octanol–water partition coefficient (Wildman–Crippen LogP) is 0.536. The quantitative estimate of drug-likeness (QED) is 0.727. The smallest absolute Gasteiger partial charge is 0.263 e. The largest absolute Gasteiger partial charge is 0.375 e. The molecule has 4 N–H and O–H groups in total. The van der Waals surface area contributed by atoms with Gasteiger partial charge in [-0.05, 0) is 12.8 Å². The van der Waals surface area contributed by atoms with Crippen molar-refractivity contribution in [3.05, 3.63) is 10.6 Å². The van der Waals surface area contributed by atoms with Crippen molar-refractivity contribution in [3.8, 4) is 0 Å². The molecule has 1 rings (SSSR count). The molecule has 0 aliphatic heterocycles. The second kappa shape index (κ2) is 6.34. The molecule has 18 heavy (non-hydrogen) atoms. The van der Waals surface area contributed by atoms with Crippen molar-refractivity contribution < 1.29 is 9.59 Å². The zero-order valence-corrected chi connectivity index (χ0v) is 11.6. The molecule has 100 valence electrons. The molecule has 6 nitrogen and oxygen atoms in total. The fraction of sp³-hybridized carbons (Fsp3) is 0.545. The summed E-state index contributed by atoms with van der Waals surface area (Å²) in [5.41, 5.74) is 6.08. The maximum Gasteiger partial charge on any atom is 0.263 e. The molecule has 0 unspecified atom stereocenters. The van der Waals surface area contributed by atoms with E-state index in [1.807, 2.05) is 13.8 Å². The summed E-state index contributed by atoms with van der Waals surface area (Å²) in [6, 6.07) is 0. The van der Waals surface area contributed by atoms with Gasteiger partial charge in [0.2, 0.25) is 5.91 Å². The van der Waals surface area contributed by atoms with Gasteiger partial charge in [-0.2, -0.15) is 0 Å². The molecular formula is C11H18N4O2S. The Hall–Kier alpha value is -1.63. The summed E-state index contributed by atoms with van der Waals surface area (Å²) in [4.78, 5) is 27.6. The van der Waals surface area contributed by atoms with Gasteiger partial charge >= 0.3 is 0 Å². The zero-order chi connectivity index (χ0) is 13.7. The van der Waals surface area contributed by atoms with Crippen molar-refractivity contribution >= 4 is 28.3 Å². The van der Waals surface area contributed by atoms with Gasteiger partial charge in [-0.15, -0.1) is 0 Å². The molecule has 0 fully saturated rings. The van der Waals surface area contributed by atoms with Gasteiger partial charge in [-0.25, -0.2) is 4.98 Å². The number of nitrogen functional groups attached to an aromatic ring is 1. The van der Waals surface area contributed by atoms with E-state index in [9.17, 15) is 9.59 Å². The standard InChI is InChI=1S/C11H18N4O2S/c1-6(2)4-13-8(16)5-14-10(17)9-7(3)15-11(12)18-9/h6H,4-5H2,1-3H3,(H2,12,15)(H,13,16)(H,14,17). The lowest BCUT2D eigenvalue weighted by Crippen LogP contribution is -2.38. The van der Waals surface area contributed by atoms with Crippen LogP contribution in [0.5, 0.6) is 0 Å². The molecule has 1 heterocycles. The lowest BCUT2D eigenvalue weighted by molar-refractivity contribution is -0.120. The van der Waals surface area contributed by atoms with Crippen LogP contribution in [0.25, 0.3) is 0 Å². The molecule has 0 saturated carbocycles. The maximum absolute atomic E-state index is 11.7. The van der Waals surface area contributed by atoms with E-state index in [1.165, 1.54) is 0 Å². The first-order valence-electron chi connectivity index (χ1n) is 5.68. The van der Waals surface area contributed by atoms with Crippen LogP contribution in [0.1, 0.15) is 29.2 Å². The van der Waals surface area contributed by atoms with E-state index in [-0.39, 0.29) is 18.4 Å². The van der Waals surface area contributed by atoms with E-state index in [1.54, 1.807) is 6.92 Å². The van der Waals surface area contributed by atoms with E-state index in [0.29, 0.717) is 28.2 Å². The van der Waals surface area contributed by atoms with Gasteiger partial charge in [0.15, 0.2) is 5.13 Å². The van der Waals surface area contributed by atoms with Gasteiger partial charge in [0.05, 0.1) is 12.2 Å². The Labute approximate surface area is 110 Å². The maximum atomic E-state index is 11.7. The van der Waals surface area contributed by atoms with Crippen molar-refractivity contribution in [2.75, 3.05) is 18.8 Å². The van der Waals surface area contributed by atoms with Crippen LogP contribution in [-0.4, -0.2) is 29.9 Å². The minimum atomic E-state index is -0.318. The molecule has 0 bridgehead atoms. The molecule has 7 heteroatoms. The van der Waals surface area contributed by atoms with Crippen molar-refractivity contribution in [1.29, 1.82) is 0 Å². The number of nitrogens with one attached hydrogen (secondary N) is 2. The highest BCUT2D eigenvalue weighted by molar-refractivity contribution is 7.17. The van der Waals surface area contributed by atoms with Crippen molar-refractivity contribution in [2.45, 2.75) is 20.8 Å². The highest BCUT2D eigenvalue weighted by Gasteiger charge is 2.14. The minimum Gasteiger partial charge on any atom is -0.375 e. The van der Waals surface area contributed by atoms with Gasteiger partial charge < -0.3 is 16.4 Å². The first-order chi connectivity index (χ1) is 8.40. The predicted molar refractivity (Wildman–Crippen MR) is 71.4 cm³/mol. The number of hydrogen-bond acceptors (Lipinski definition) is 5. The first-order valence-corrected chi connectivity index (χ1v) is 6.49. The van der Waals surface area contributed by atoms with Gasteiger partial charge in [0.25, 0.3) is 5.91 Å². The molecule has 0 atom stereocenters. The third-order valence-corrected chi connectivity index (χ3v) is 3.12. The number of rotatable bonds is 5. The summed E-state index contributed by atoms with van der Waals surface area (Å²) in [6.45, 7) is 6.27. The van der Waals surface area contributed by atoms with Crippen molar-refractivity contribution in [1.82, 2.24) is 15.6 Å². The monoisotopic (exact) mass is 270 g/mol. The van der Waals surface area contributed by atoms with Crippen LogP contribution in [0.4, 0.5) is 5.13 Å². The number of aryl methyl sites for hydroxylation is 1. The molecule has 0 aliphatic rings. The molecule has 0 saturated heterocycles. The van der Waals surface area contributed by atoms with Crippen LogP contribution >= 0.6 is 11.3 Å². The third-order valence-electron chi connectivity index (χ3n) is 2.14. The number of carbonyl (C=O) groups is 2. The highest BCUT2D eigenvalue weighted by atomic mass is 32.1. The minimum absolute atomic E-state index is 0.0389. The van der Waals surface area contributed by atoms with Crippen molar-refractivity contribution in [3.63, 3.8) is 0 Å². The van der Waals surface area contributed by atoms with Crippen LogP contribution < -0.4 is 16.4 Å². The lowest BCUT2D eigenvalue weighted by atomic mass is 10.2. The number of amides is 2. The number of thiazole rings is 1. The summed E-state index contributed by atoms with van der Waals surface area (Å²) in [5, 5.41) is 5.61. The number of hydrogen-bond donors (Lipinski definition) is 3. The Morgan fingerprint density at radius 2 is 2.06 bits per heavy atom. The molecule has 2 amide bonds. The Morgan fingerprint density at radius 1 is 1.39 bits per heavy atom. The Morgan fingerprint density at radius 3 is 2.56 bits per heavy atom. The zero-order valence-electron chi connectivity index (χ0n) is 10.7. The summed E-state index contributed by atoms with van der Waals surface area (Å²) in [5.74, 6) is -0.137. The Kier molecular flexibility index (Phi) is 5.08. The van der Waals surface area contributed by atoms with Gasteiger partial charge in [0, 0.05) is 6.54 Å². The van der Waals surface area contributed by atoms with E-state index in [4.69, 9.17) is 5.73 Å². The molecule has 0 aliphatic carbocycles.